The molecule has 5 rings (SSSR count). The van der Waals surface area contributed by atoms with Gasteiger partial charge in [-0.15, -0.1) is 12.3 Å². The van der Waals surface area contributed by atoms with E-state index >= 15 is 0 Å². The Kier molecular flexibility index (Phi) is 7.16. The van der Waals surface area contributed by atoms with Crippen LogP contribution in [0, 0.1) is 18.3 Å². The summed E-state index contributed by atoms with van der Waals surface area (Å²) in [4.78, 5) is 29.6. The monoisotopic (exact) mass is 495 g/mol. The molecule has 1 saturated carbocycles. The van der Waals surface area contributed by atoms with Gasteiger partial charge in [0.2, 0.25) is 5.91 Å². The van der Waals surface area contributed by atoms with Crippen LogP contribution in [0.15, 0.2) is 60.7 Å². The van der Waals surface area contributed by atoms with Crippen LogP contribution in [0.3, 0.4) is 0 Å². The number of terminal acetylenes is 1. The van der Waals surface area contributed by atoms with E-state index < -0.39 is 6.09 Å². The third kappa shape index (κ3) is 5.33. The summed E-state index contributed by atoms with van der Waals surface area (Å²) in [5.74, 6) is 4.14. The Labute approximate surface area is 218 Å². The van der Waals surface area contributed by atoms with Gasteiger partial charge < -0.3 is 15.0 Å². The second kappa shape index (κ2) is 10.7. The first-order valence-corrected chi connectivity index (χ1v) is 13.0. The predicted octanol–water partition coefficient (Wildman–Crippen LogP) is 5.71. The zero-order valence-electron chi connectivity index (χ0n) is 21.4. The first-order valence-electron chi connectivity index (χ1n) is 13.0. The lowest BCUT2D eigenvalue weighted by Crippen LogP contribution is -2.52. The Balaban J connectivity index is 1.47. The molecule has 6 nitrogen and oxygen atoms in total. The summed E-state index contributed by atoms with van der Waals surface area (Å²) >= 11 is 0. The number of benzene rings is 3. The third-order valence-electron chi connectivity index (χ3n) is 7.30. The summed E-state index contributed by atoms with van der Waals surface area (Å²) in [6, 6.07) is 19.3. The van der Waals surface area contributed by atoms with Crippen LogP contribution in [0.2, 0.25) is 0 Å². The van der Waals surface area contributed by atoms with Gasteiger partial charge >= 0.3 is 6.09 Å². The van der Waals surface area contributed by atoms with Gasteiger partial charge in [-0.1, -0.05) is 42.5 Å². The van der Waals surface area contributed by atoms with E-state index in [1.807, 2.05) is 61.5 Å². The van der Waals surface area contributed by atoms with E-state index in [-0.39, 0.29) is 17.9 Å². The SMILES string of the molecule is C#CCC(CNCC1CC1)c1ccc2c(c1)N(C(=O)Oc1cccc3ccccc13)C[C@H](C)N2C(C)=O. The molecule has 3 aromatic carbocycles. The number of carbonyl (C=O) groups is 2. The number of fused-ring (bicyclic) bond motifs is 2. The number of nitrogens with zero attached hydrogens (tertiary/aromatic N) is 2. The fraction of sp³-hybridized carbons (Fsp3) is 0.355. The minimum atomic E-state index is -0.467. The molecule has 37 heavy (non-hydrogen) atoms. The van der Waals surface area contributed by atoms with Crippen molar-refractivity contribution in [3.63, 3.8) is 0 Å². The molecule has 6 heteroatoms. The van der Waals surface area contributed by atoms with Crippen LogP contribution >= 0.6 is 0 Å². The molecule has 190 valence electrons. The molecular weight excluding hydrogens is 462 g/mol. The normalized spacial score (nSPS) is 17.7. The smallest absolute Gasteiger partial charge is 0.409 e. The summed E-state index contributed by atoms with van der Waals surface area (Å²) in [6.07, 6.45) is 8.42. The van der Waals surface area contributed by atoms with Gasteiger partial charge in [-0.2, -0.15) is 0 Å². The highest BCUT2D eigenvalue weighted by Crippen LogP contribution is 2.39. The highest BCUT2D eigenvalue weighted by atomic mass is 16.6. The zero-order chi connectivity index (χ0) is 25.9. The number of carbonyl (C=O) groups excluding carboxylic acids is 2. The van der Waals surface area contributed by atoms with Crippen molar-refractivity contribution in [2.45, 2.75) is 45.1 Å². The summed E-state index contributed by atoms with van der Waals surface area (Å²) in [5, 5.41) is 5.44. The maximum Gasteiger partial charge on any atom is 0.419 e. The standard InChI is InChI=1S/C31H33N3O3/c1-4-8-26(19-32-18-23-13-14-23)25-15-16-28-29(17-25)33(20-21(2)34(28)22(3)35)31(36)37-30-12-7-10-24-9-5-6-11-27(24)30/h1,5-7,9-12,15-17,21,23,26,32H,8,13-14,18-20H2,2-3H3/t21-,26?/m0/s1. The Bertz CT molecular complexity index is 1350. The third-order valence-corrected chi connectivity index (χ3v) is 7.30. The lowest BCUT2D eigenvalue weighted by atomic mass is 9.93. The second-order valence-electron chi connectivity index (χ2n) is 10.1. The van der Waals surface area contributed by atoms with Crippen molar-refractivity contribution in [3.8, 4) is 18.1 Å². The van der Waals surface area contributed by atoms with Gasteiger partial charge in [0, 0.05) is 37.7 Å². The minimum Gasteiger partial charge on any atom is -0.409 e. The average molecular weight is 496 g/mol. The Morgan fingerprint density at radius 2 is 1.89 bits per heavy atom. The summed E-state index contributed by atoms with van der Waals surface area (Å²) < 4.78 is 5.95. The first kappa shape index (κ1) is 24.9. The van der Waals surface area contributed by atoms with Gasteiger partial charge in [0.25, 0.3) is 0 Å². The zero-order valence-corrected chi connectivity index (χ0v) is 21.4. The summed E-state index contributed by atoms with van der Waals surface area (Å²) in [5.41, 5.74) is 2.41. The number of ether oxygens (including phenoxy) is 1. The summed E-state index contributed by atoms with van der Waals surface area (Å²) in [7, 11) is 0. The van der Waals surface area contributed by atoms with Crippen LogP contribution in [0.5, 0.6) is 5.75 Å². The van der Waals surface area contributed by atoms with Gasteiger partial charge in [-0.25, -0.2) is 4.79 Å². The number of hydrogen-bond acceptors (Lipinski definition) is 4. The summed E-state index contributed by atoms with van der Waals surface area (Å²) in [6.45, 7) is 5.61. The molecule has 1 fully saturated rings. The van der Waals surface area contributed by atoms with Crippen molar-refractivity contribution < 1.29 is 14.3 Å². The highest BCUT2D eigenvalue weighted by Gasteiger charge is 2.35. The molecule has 2 aliphatic rings. The molecule has 0 bridgehead atoms. The van der Waals surface area contributed by atoms with E-state index in [2.05, 4.69) is 11.2 Å². The maximum absolute atomic E-state index is 13.6. The van der Waals surface area contributed by atoms with E-state index in [0.717, 1.165) is 35.3 Å². The number of rotatable bonds is 7. The van der Waals surface area contributed by atoms with E-state index in [4.69, 9.17) is 11.2 Å². The van der Waals surface area contributed by atoms with Crippen LogP contribution in [-0.2, 0) is 4.79 Å². The van der Waals surface area contributed by atoms with Crippen LogP contribution in [-0.4, -0.2) is 37.7 Å². The fourth-order valence-electron chi connectivity index (χ4n) is 5.22. The van der Waals surface area contributed by atoms with Gasteiger partial charge in [0.1, 0.15) is 5.75 Å². The van der Waals surface area contributed by atoms with Gasteiger partial charge in [-0.05, 0) is 61.4 Å². The molecular formula is C31H33N3O3. The fourth-order valence-corrected chi connectivity index (χ4v) is 5.22. The lowest BCUT2D eigenvalue weighted by molar-refractivity contribution is -0.117. The maximum atomic E-state index is 13.6. The van der Waals surface area contributed by atoms with E-state index in [9.17, 15) is 9.59 Å². The van der Waals surface area contributed by atoms with Crippen LogP contribution in [0.1, 0.15) is 44.6 Å². The topological polar surface area (TPSA) is 61.9 Å². The first-order chi connectivity index (χ1) is 18.0. The molecule has 3 aromatic rings. The molecule has 1 heterocycles. The molecule has 0 spiro atoms. The largest absolute Gasteiger partial charge is 0.419 e. The van der Waals surface area contributed by atoms with Gasteiger partial charge in [-0.3, -0.25) is 9.69 Å². The quantitative estimate of drug-likeness (QED) is 0.427. The lowest BCUT2D eigenvalue weighted by Gasteiger charge is -2.40. The second-order valence-corrected chi connectivity index (χ2v) is 10.1. The van der Waals surface area contributed by atoms with Crippen molar-refractivity contribution >= 4 is 34.1 Å². The van der Waals surface area contributed by atoms with Crippen molar-refractivity contribution in [3.05, 3.63) is 66.2 Å². The van der Waals surface area contributed by atoms with Crippen molar-refractivity contribution in [2.75, 3.05) is 29.4 Å². The molecule has 1 aliphatic carbocycles. The van der Waals surface area contributed by atoms with Crippen molar-refractivity contribution in [2.24, 2.45) is 5.92 Å². The average Bonchev–Trinajstić information content (AvgIpc) is 3.72. The molecule has 0 aromatic heterocycles. The van der Waals surface area contributed by atoms with Crippen molar-refractivity contribution in [1.29, 1.82) is 0 Å². The molecule has 0 saturated heterocycles. The Morgan fingerprint density at radius 3 is 2.65 bits per heavy atom. The van der Waals surface area contributed by atoms with Gasteiger partial charge in [0.05, 0.1) is 17.4 Å². The Morgan fingerprint density at radius 1 is 1.11 bits per heavy atom. The van der Waals surface area contributed by atoms with E-state index in [1.54, 1.807) is 22.8 Å². The van der Waals surface area contributed by atoms with Crippen LogP contribution in [0.4, 0.5) is 16.2 Å². The van der Waals surface area contributed by atoms with E-state index in [0.29, 0.717) is 30.1 Å². The predicted molar refractivity (Wildman–Crippen MR) is 148 cm³/mol. The number of hydrogen-bond donors (Lipinski definition) is 1. The highest BCUT2D eigenvalue weighted by molar-refractivity contribution is 6.03. The molecule has 2 atom stereocenters. The molecule has 2 amide bonds. The Hall–Kier alpha value is -3.82. The van der Waals surface area contributed by atoms with Crippen molar-refractivity contribution in [1.82, 2.24) is 5.32 Å². The molecule has 1 N–H and O–H groups in total. The van der Waals surface area contributed by atoms with Crippen LogP contribution in [0.25, 0.3) is 10.8 Å². The molecule has 0 radical (unpaired) electrons. The molecule has 1 unspecified atom stereocenters. The number of amides is 2. The molecule has 1 aliphatic heterocycles. The number of anilines is 2. The van der Waals surface area contributed by atoms with E-state index in [1.165, 1.54) is 12.8 Å². The van der Waals surface area contributed by atoms with Gasteiger partial charge in [0.15, 0.2) is 0 Å². The minimum absolute atomic E-state index is 0.0603. The number of nitrogens with one attached hydrogen (secondary N) is 1. The van der Waals surface area contributed by atoms with Crippen LogP contribution < -0.4 is 19.9 Å².